The minimum Gasteiger partial charge on any atom is -0.317 e. The van der Waals surface area contributed by atoms with Crippen molar-refractivity contribution in [3.63, 3.8) is 0 Å². The Balaban J connectivity index is 2.02. The second-order valence-corrected chi connectivity index (χ2v) is 5.54. The van der Waals surface area contributed by atoms with Crippen LogP contribution in [0.3, 0.4) is 0 Å². The van der Waals surface area contributed by atoms with E-state index >= 15 is 0 Å². The molecule has 2 heterocycles. The van der Waals surface area contributed by atoms with Crippen LogP contribution in [-0.4, -0.2) is 22.9 Å². The summed E-state index contributed by atoms with van der Waals surface area (Å²) in [7, 11) is 2.03. The number of aromatic nitrogens is 2. The van der Waals surface area contributed by atoms with Crippen molar-refractivity contribution in [2.75, 3.05) is 13.1 Å². The van der Waals surface area contributed by atoms with E-state index in [0.717, 1.165) is 23.7 Å². The van der Waals surface area contributed by atoms with E-state index in [1.807, 2.05) is 36.1 Å². The second-order valence-electron chi connectivity index (χ2n) is 5.10. The molecule has 1 fully saturated rings. The van der Waals surface area contributed by atoms with Crippen molar-refractivity contribution in [2.24, 2.45) is 7.05 Å². The molecule has 1 aliphatic rings. The molecule has 3 rings (SSSR count). The quantitative estimate of drug-likeness (QED) is 0.912. The lowest BCUT2D eigenvalue weighted by atomic mass is 9.90. The van der Waals surface area contributed by atoms with Gasteiger partial charge < -0.3 is 5.32 Å². The van der Waals surface area contributed by atoms with Crippen LogP contribution < -0.4 is 5.32 Å². The highest BCUT2D eigenvalue weighted by Crippen LogP contribution is 2.34. The molecule has 0 spiro atoms. The standard InChI is InChI=1S/C15H18ClN3/c1-19-15(11-5-7-17-8-6-11)14(10-18-19)12-3-2-4-13(16)9-12/h2-4,9-11,17H,5-8H2,1H3. The zero-order chi connectivity index (χ0) is 13.2. The van der Waals surface area contributed by atoms with Crippen LogP contribution >= 0.6 is 11.6 Å². The number of rotatable bonds is 2. The molecule has 0 saturated carbocycles. The van der Waals surface area contributed by atoms with Crippen LogP contribution in [0.1, 0.15) is 24.5 Å². The van der Waals surface area contributed by atoms with Gasteiger partial charge in [-0.15, -0.1) is 0 Å². The number of piperidine rings is 1. The van der Waals surface area contributed by atoms with Crippen molar-refractivity contribution in [1.29, 1.82) is 0 Å². The number of nitrogens with one attached hydrogen (secondary N) is 1. The Bertz CT molecular complexity index is 571. The van der Waals surface area contributed by atoms with E-state index in [9.17, 15) is 0 Å². The highest BCUT2D eigenvalue weighted by atomic mass is 35.5. The predicted molar refractivity (Wildman–Crippen MR) is 78.5 cm³/mol. The Labute approximate surface area is 118 Å². The monoisotopic (exact) mass is 275 g/mol. The van der Waals surface area contributed by atoms with Crippen LogP contribution in [0, 0.1) is 0 Å². The Hall–Kier alpha value is -1.32. The van der Waals surface area contributed by atoms with Gasteiger partial charge in [0.1, 0.15) is 0 Å². The molecule has 4 heteroatoms. The number of halogens is 1. The normalized spacial score (nSPS) is 16.7. The molecule has 0 unspecified atom stereocenters. The van der Waals surface area contributed by atoms with Gasteiger partial charge in [-0.3, -0.25) is 4.68 Å². The van der Waals surface area contributed by atoms with Gasteiger partial charge >= 0.3 is 0 Å². The molecule has 2 aromatic rings. The first-order valence-electron chi connectivity index (χ1n) is 6.74. The molecule has 0 amide bonds. The first-order chi connectivity index (χ1) is 9.25. The smallest absolute Gasteiger partial charge is 0.0571 e. The molecule has 0 radical (unpaired) electrons. The van der Waals surface area contributed by atoms with Gasteiger partial charge in [0.2, 0.25) is 0 Å². The largest absolute Gasteiger partial charge is 0.317 e. The topological polar surface area (TPSA) is 29.9 Å². The number of nitrogens with zero attached hydrogens (tertiary/aromatic N) is 2. The van der Waals surface area contributed by atoms with Gasteiger partial charge in [0.25, 0.3) is 0 Å². The summed E-state index contributed by atoms with van der Waals surface area (Å²) < 4.78 is 2.02. The SMILES string of the molecule is Cn1ncc(-c2cccc(Cl)c2)c1C1CCNCC1. The van der Waals surface area contributed by atoms with Crippen molar-refractivity contribution in [1.82, 2.24) is 15.1 Å². The lowest BCUT2D eigenvalue weighted by molar-refractivity contribution is 0.440. The van der Waals surface area contributed by atoms with Crippen LogP contribution in [-0.2, 0) is 7.05 Å². The number of hydrogen-bond acceptors (Lipinski definition) is 2. The van der Waals surface area contributed by atoms with Gasteiger partial charge in [0.05, 0.1) is 6.20 Å². The fourth-order valence-electron chi connectivity index (χ4n) is 2.90. The van der Waals surface area contributed by atoms with Gasteiger partial charge in [0.15, 0.2) is 0 Å². The van der Waals surface area contributed by atoms with Gasteiger partial charge in [-0.2, -0.15) is 5.10 Å². The maximum atomic E-state index is 6.10. The summed E-state index contributed by atoms with van der Waals surface area (Å²) in [5.74, 6) is 0.586. The van der Waals surface area contributed by atoms with Crippen molar-refractivity contribution in [3.8, 4) is 11.1 Å². The van der Waals surface area contributed by atoms with Crippen molar-refractivity contribution in [3.05, 3.63) is 41.2 Å². The number of benzene rings is 1. The van der Waals surface area contributed by atoms with Crippen LogP contribution in [0.25, 0.3) is 11.1 Å². The Morgan fingerprint density at radius 3 is 2.84 bits per heavy atom. The average Bonchev–Trinajstić information content (AvgIpc) is 2.82. The summed E-state index contributed by atoms with van der Waals surface area (Å²) in [5, 5.41) is 8.64. The number of aryl methyl sites for hydroxylation is 1. The van der Waals surface area contributed by atoms with Crippen molar-refractivity contribution < 1.29 is 0 Å². The summed E-state index contributed by atoms with van der Waals surface area (Å²) in [6.07, 6.45) is 4.31. The summed E-state index contributed by atoms with van der Waals surface area (Å²) in [4.78, 5) is 0. The molecule has 19 heavy (non-hydrogen) atoms. The highest BCUT2D eigenvalue weighted by Gasteiger charge is 2.22. The molecule has 1 aromatic heterocycles. The predicted octanol–water partition coefficient (Wildman–Crippen LogP) is 3.21. The Morgan fingerprint density at radius 2 is 2.11 bits per heavy atom. The van der Waals surface area contributed by atoms with E-state index in [-0.39, 0.29) is 0 Å². The van der Waals surface area contributed by atoms with Crippen molar-refractivity contribution in [2.45, 2.75) is 18.8 Å². The summed E-state index contributed by atoms with van der Waals surface area (Å²) in [6, 6.07) is 8.03. The molecule has 1 aliphatic heterocycles. The number of hydrogen-bond donors (Lipinski definition) is 1. The van der Waals surface area contributed by atoms with Crippen LogP contribution in [0.5, 0.6) is 0 Å². The molecule has 3 nitrogen and oxygen atoms in total. The van der Waals surface area contributed by atoms with E-state index in [0.29, 0.717) is 5.92 Å². The van der Waals surface area contributed by atoms with E-state index in [4.69, 9.17) is 11.6 Å². The molecule has 0 atom stereocenters. The van der Waals surface area contributed by atoms with Gasteiger partial charge in [-0.25, -0.2) is 0 Å². The zero-order valence-corrected chi connectivity index (χ0v) is 11.8. The van der Waals surface area contributed by atoms with Crippen LogP contribution in [0.15, 0.2) is 30.5 Å². The lowest BCUT2D eigenvalue weighted by Crippen LogP contribution is -2.27. The van der Waals surface area contributed by atoms with E-state index in [2.05, 4.69) is 16.5 Å². The molecular weight excluding hydrogens is 258 g/mol. The average molecular weight is 276 g/mol. The fourth-order valence-corrected chi connectivity index (χ4v) is 3.10. The maximum absolute atomic E-state index is 6.10. The molecule has 1 N–H and O–H groups in total. The third kappa shape index (κ3) is 2.53. The van der Waals surface area contributed by atoms with Crippen molar-refractivity contribution >= 4 is 11.6 Å². The van der Waals surface area contributed by atoms with Gasteiger partial charge in [-0.05, 0) is 43.6 Å². The van der Waals surface area contributed by atoms with Crippen LogP contribution in [0.4, 0.5) is 0 Å². The van der Waals surface area contributed by atoms with E-state index in [1.165, 1.54) is 24.1 Å². The molecular formula is C15H18ClN3. The lowest BCUT2D eigenvalue weighted by Gasteiger charge is -2.24. The minimum absolute atomic E-state index is 0.586. The zero-order valence-electron chi connectivity index (χ0n) is 11.1. The first-order valence-corrected chi connectivity index (χ1v) is 7.12. The molecule has 0 bridgehead atoms. The summed E-state index contributed by atoms with van der Waals surface area (Å²) in [6.45, 7) is 2.18. The van der Waals surface area contributed by atoms with E-state index < -0.39 is 0 Å². The van der Waals surface area contributed by atoms with Gasteiger partial charge in [-0.1, -0.05) is 23.7 Å². The van der Waals surface area contributed by atoms with Crippen LogP contribution in [0.2, 0.25) is 5.02 Å². The molecule has 1 aromatic carbocycles. The maximum Gasteiger partial charge on any atom is 0.0571 e. The third-order valence-electron chi connectivity index (χ3n) is 3.85. The molecule has 0 aliphatic carbocycles. The molecule has 1 saturated heterocycles. The first kappa shape index (κ1) is 12.7. The Kier molecular flexibility index (Phi) is 3.58. The third-order valence-corrected chi connectivity index (χ3v) is 4.08. The Morgan fingerprint density at radius 1 is 1.32 bits per heavy atom. The summed E-state index contributed by atoms with van der Waals surface area (Å²) in [5.41, 5.74) is 3.72. The summed E-state index contributed by atoms with van der Waals surface area (Å²) >= 11 is 6.10. The molecule has 100 valence electrons. The fraction of sp³-hybridized carbons (Fsp3) is 0.400. The highest BCUT2D eigenvalue weighted by molar-refractivity contribution is 6.30. The second kappa shape index (κ2) is 5.35. The van der Waals surface area contributed by atoms with Gasteiger partial charge in [0, 0.05) is 29.2 Å². The minimum atomic E-state index is 0.586. The van der Waals surface area contributed by atoms with E-state index in [1.54, 1.807) is 0 Å².